The average Bonchev–Trinajstić information content (AvgIpc) is 3.27. The van der Waals surface area contributed by atoms with Crippen LogP contribution in [0.5, 0.6) is 0 Å². The van der Waals surface area contributed by atoms with Gasteiger partial charge in [0.05, 0.1) is 0 Å². The Morgan fingerprint density at radius 2 is 1.91 bits per heavy atom. The normalized spacial score (nSPS) is 14.2. The zero-order chi connectivity index (χ0) is 15.3. The summed E-state index contributed by atoms with van der Waals surface area (Å²) in [6.07, 6.45) is 5.42. The van der Waals surface area contributed by atoms with Gasteiger partial charge in [0.1, 0.15) is 6.54 Å². The van der Waals surface area contributed by atoms with Gasteiger partial charge in [-0.3, -0.25) is 4.79 Å². The SMILES string of the molecule is CCCCOCCCNC(=NCC(=O)NC1CC1)NCC.I. The lowest BCUT2D eigenvalue weighted by Crippen LogP contribution is -2.39. The standard InChI is InChI=1S/C15H30N4O2.HI/c1-3-5-10-21-11-6-9-17-15(16-4-2)18-12-14(20)19-13-7-8-13;/h13H,3-12H2,1-2H3,(H,19,20)(H2,16,17,18);1H. The molecule has 0 bridgehead atoms. The van der Waals surface area contributed by atoms with Crippen molar-refractivity contribution in [1.29, 1.82) is 0 Å². The predicted molar refractivity (Wildman–Crippen MR) is 101 cm³/mol. The highest BCUT2D eigenvalue weighted by molar-refractivity contribution is 14.0. The molecule has 1 aliphatic carbocycles. The molecule has 1 fully saturated rings. The Kier molecular flexibility index (Phi) is 13.7. The molecule has 0 heterocycles. The number of carbonyl (C=O) groups is 1. The Hall–Kier alpha value is -0.570. The summed E-state index contributed by atoms with van der Waals surface area (Å²) in [6.45, 7) is 7.52. The molecular formula is C15H31IN4O2. The van der Waals surface area contributed by atoms with Gasteiger partial charge in [-0.15, -0.1) is 24.0 Å². The second-order valence-corrected chi connectivity index (χ2v) is 5.28. The van der Waals surface area contributed by atoms with Crippen molar-refractivity contribution in [3.05, 3.63) is 0 Å². The molecule has 6 nitrogen and oxygen atoms in total. The van der Waals surface area contributed by atoms with Crippen molar-refractivity contribution < 1.29 is 9.53 Å². The first-order valence-electron chi connectivity index (χ1n) is 8.15. The van der Waals surface area contributed by atoms with E-state index >= 15 is 0 Å². The van der Waals surface area contributed by atoms with Gasteiger partial charge in [-0.25, -0.2) is 4.99 Å². The molecule has 0 radical (unpaired) electrons. The molecule has 0 unspecified atom stereocenters. The third-order valence-electron chi connectivity index (χ3n) is 3.07. The van der Waals surface area contributed by atoms with E-state index in [0.29, 0.717) is 12.0 Å². The fraction of sp³-hybridized carbons (Fsp3) is 0.867. The van der Waals surface area contributed by atoms with Crippen LogP contribution in [-0.2, 0) is 9.53 Å². The van der Waals surface area contributed by atoms with Crippen LogP contribution < -0.4 is 16.0 Å². The van der Waals surface area contributed by atoms with Crippen LogP contribution in [-0.4, -0.2) is 50.8 Å². The molecule has 3 N–H and O–H groups in total. The van der Waals surface area contributed by atoms with Crippen LogP contribution in [0.2, 0.25) is 0 Å². The summed E-state index contributed by atoms with van der Waals surface area (Å²) in [4.78, 5) is 15.9. The van der Waals surface area contributed by atoms with Gasteiger partial charge in [0.15, 0.2) is 5.96 Å². The summed E-state index contributed by atoms with van der Waals surface area (Å²) in [6, 6.07) is 0.392. The molecule has 1 saturated carbocycles. The van der Waals surface area contributed by atoms with Crippen molar-refractivity contribution in [2.45, 2.75) is 52.0 Å². The third-order valence-corrected chi connectivity index (χ3v) is 3.07. The summed E-state index contributed by atoms with van der Waals surface area (Å²) >= 11 is 0. The fourth-order valence-electron chi connectivity index (χ4n) is 1.72. The van der Waals surface area contributed by atoms with E-state index in [-0.39, 0.29) is 36.4 Å². The number of guanidine groups is 1. The number of amides is 1. The van der Waals surface area contributed by atoms with Gasteiger partial charge in [-0.05, 0) is 32.6 Å². The number of carbonyl (C=O) groups excluding carboxylic acids is 1. The van der Waals surface area contributed by atoms with Gasteiger partial charge in [0, 0.05) is 32.3 Å². The molecule has 1 amide bonds. The molecule has 0 aromatic heterocycles. The Morgan fingerprint density at radius 3 is 2.55 bits per heavy atom. The molecule has 1 aliphatic rings. The van der Waals surface area contributed by atoms with Crippen LogP contribution in [0, 0.1) is 0 Å². The summed E-state index contributed by atoms with van der Waals surface area (Å²) in [7, 11) is 0. The fourth-order valence-corrected chi connectivity index (χ4v) is 1.72. The van der Waals surface area contributed by atoms with Gasteiger partial charge < -0.3 is 20.7 Å². The van der Waals surface area contributed by atoms with E-state index in [4.69, 9.17) is 4.74 Å². The lowest BCUT2D eigenvalue weighted by atomic mass is 10.4. The van der Waals surface area contributed by atoms with Crippen molar-refractivity contribution in [1.82, 2.24) is 16.0 Å². The minimum absolute atomic E-state index is 0. The summed E-state index contributed by atoms with van der Waals surface area (Å²) < 4.78 is 5.50. The van der Waals surface area contributed by atoms with Crippen LogP contribution in [0.3, 0.4) is 0 Å². The molecule has 0 aliphatic heterocycles. The largest absolute Gasteiger partial charge is 0.381 e. The van der Waals surface area contributed by atoms with Gasteiger partial charge in [-0.2, -0.15) is 0 Å². The van der Waals surface area contributed by atoms with Crippen LogP contribution in [0.25, 0.3) is 0 Å². The van der Waals surface area contributed by atoms with E-state index in [1.165, 1.54) is 6.42 Å². The monoisotopic (exact) mass is 426 g/mol. The first kappa shape index (κ1) is 21.4. The summed E-state index contributed by atoms with van der Waals surface area (Å²) in [5.41, 5.74) is 0. The quantitative estimate of drug-likeness (QED) is 0.203. The van der Waals surface area contributed by atoms with Gasteiger partial charge in [0.25, 0.3) is 0 Å². The zero-order valence-corrected chi connectivity index (χ0v) is 16.2. The Bertz CT molecular complexity index is 323. The Morgan fingerprint density at radius 1 is 1.18 bits per heavy atom. The molecule has 0 aromatic carbocycles. The molecule has 0 atom stereocenters. The van der Waals surface area contributed by atoms with E-state index in [2.05, 4.69) is 27.9 Å². The van der Waals surface area contributed by atoms with E-state index < -0.39 is 0 Å². The number of aliphatic imine (C=N–C) groups is 1. The van der Waals surface area contributed by atoms with Crippen molar-refractivity contribution in [2.24, 2.45) is 4.99 Å². The second kappa shape index (κ2) is 14.0. The first-order chi connectivity index (χ1) is 10.3. The maximum atomic E-state index is 11.6. The van der Waals surface area contributed by atoms with Gasteiger partial charge in [0.2, 0.25) is 5.91 Å². The molecule has 7 heteroatoms. The van der Waals surface area contributed by atoms with Crippen molar-refractivity contribution in [2.75, 3.05) is 32.8 Å². The number of halogens is 1. The number of nitrogens with one attached hydrogen (secondary N) is 3. The Balaban J connectivity index is 0.00000441. The van der Waals surface area contributed by atoms with Crippen molar-refractivity contribution in [3.8, 4) is 0 Å². The number of hydrogen-bond acceptors (Lipinski definition) is 3. The maximum absolute atomic E-state index is 11.6. The van der Waals surface area contributed by atoms with Crippen molar-refractivity contribution in [3.63, 3.8) is 0 Å². The van der Waals surface area contributed by atoms with E-state index in [1.54, 1.807) is 0 Å². The molecule has 22 heavy (non-hydrogen) atoms. The summed E-state index contributed by atoms with van der Waals surface area (Å²) in [5, 5.41) is 9.28. The smallest absolute Gasteiger partial charge is 0.242 e. The second-order valence-electron chi connectivity index (χ2n) is 5.28. The van der Waals surface area contributed by atoms with Gasteiger partial charge in [-0.1, -0.05) is 13.3 Å². The lowest BCUT2D eigenvalue weighted by Gasteiger charge is -2.11. The minimum atomic E-state index is -0.00222. The van der Waals surface area contributed by atoms with Crippen LogP contribution in [0.4, 0.5) is 0 Å². The van der Waals surface area contributed by atoms with Gasteiger partial charge >= 0.3 is 0 Å². The topological polar surface area (TPSA) is 74.8 Å². The molecule has 0 spiro atoms. The highest BCUT2D eigenvalue weighted by Gasteiger charge is 2.22. The Labute approximate surface area is 151 Å². The zero-order valence-electron chi connectivity index (χ0n) is 13.8. The number of nitrogens with zero attached hydrogens (tertiary/aromatic N) is 1. The van der Waals surface area contributed by atoms with E-state index in [0.717, 1.165) is 52.0 Å². The van der Waals surface area contributed by atoms with E-state index in [1.807, 2.05) is 6.92 Å². The molecule has 0 aromatic rings. The lowest BCUT2D eigenvalue weighted by molar-refractivity contribution is -0.119. The molecule has 130 valence electrons. The number of ether oxygens (including phenoxy) is 1. The van der Waals surface area contributed by atoms with Crippen LogP contribution in [0.1, 0.15) is 46.0 Å². The average molecular weight is 426 g/mol. The predicted octanol–water partition coefficient (Wildman–Crippen LogP) is 1.64. The van der Waals surface area contributed by atoms with Crippen LogP contribution >= 0.6 is 24.0 Å². The van der Waals surface area contributed by atoms with Crippen molar-refractivity contribution >= 4 is 35.8 Å². The highest BCUT2D eigenvalue weighted by Crippen LogP contribution is 2.18. The first-order valence-corrected chi connectivity index (χ1v) is 8.15. The molecular weight excluding hydrogens is 395 g/mol. The maximum Gasteiger partial charge on any atom is 0.242 e. The highest BCUT2D eigenvalue weighted by atomic mass is 127. The summed E-state index contributed by atoms with van der Waals surface area (Å²) in [5.74, 6) is 0.689. The number of unbranched alkanes of at least 4 members (excludes halogenated alkanes) is 1. The minimum Gasteiger partial charge on any atom is -0.381 e. The molecule has 1 rings (SSSR count). The number of hydrogen-bond donors (Lipinski definition) is 3. The van der Waals surface area contributed by atoms with E-state index in [9.17, 15) is 4.79 Å². The number of rotatable bonds is 11. The van der Waals surface area contributed by atoms with Crippen LogP contribution in [0.15, 0.2) is 4.99 Å². The third kappa shape index (κ3) is 12.0. The molecule has 0 saturated heterocycles.